The van der Waals surface area contributed by atoms with E-state index in [1.807, 2.05) is 11.3 Å². The van der Waals surface area contributed by atoms with Gasteiger partial charge in [0.1, 0.15) is 5.01 Å². The van der Waals surface area contributed by atoms with Crippen LogP contribution in [-0.2, 0) is 5.41 Å². The molecule has 0 atom stereocenters. The van der Waals surface area contributed by atoms with Crippen molar-refractivity contribution in [3.63, 3.8) is 0 Å². The Morgan fingerprint density at radius 1 is 0.500 bits per heavy atom. The monoisotopic (exact) mass is 676 g/mol. The number of anilines is 3. The van der Waals surface area contributed by atoms with E-state index in [1.54, 1.807) is 11.3 Å². The van der Waals surface area contributed by atoms with Gasteiger partial charge in [-0.05, 0) is 76.3 Å². The normalized spacial score (nSPS) is 13.2. The summed E-state index contributed by atoms with van der Waals surface area (Å²) in [5, 5.41) is 3.62. The lowest BCUT2D eigenvalue weighted by Crippen LogP contribution is -2.15. The molecule has 0 saturated heterocycles. The second-order valence-electron chi connectivity index (χ2n) is 13.6. The van der Waals surface area contributed by atoms with E-state index >= 15 is 0 Å². The van der Waals surface area contributed by atoms with Crippen molar-refractivity contribution in [3.8, 4) is 32.8 Å². The van der Waals surface area contributed by atoms with E-state index < -0.39 is 0 Å². The van der Waals surface area contributed by atoms with Crippen LogP contribution in [0.5, 0.6) is 0 Å². The van der Waals surface area contributed by atoms with Gasteiger partial charge < -0.3 is 4.90 Å². The maximum absolute atomic E-state index is 5.20. The molecule has 0 bridgehead atoms. The molecular weight excluding hydrogens is 645 g/mol. The van der Waals surface area contributed by atoms with Gasteiger partial charge in [-0.15, -0.1) is 22.7 Å². The van der Waals surface area contributed by atoms with E-state index in [4.69, 9.17) is 4.98 Å². The summed E-state index contributed by atoms with van der Waals surface area (Å²) in [4.78, 5) is 7.58. The number of para-hydroxylation sites is 1. The molecule has 238 valence electrons. The van der Waals surface area contributed by atoms with Gasteiger partial charge in [0.25, 0.3) is 0 Å². The number of nitrogens with zero attached hydrogens (tertiary/aromatic N) is 2. The number of benzene rings is 7. The van der Waals surface area contributed by atoms with E-state index in [0.717, 1.165) is 33.1 Å². The SMILES string of the molecule is CC1(C)c2ccccc2-c2cc(N(c3ccccc3)c3ccc(-c4c5sc(-c6ccccc6)nc5cc5c4sc4ccccc45)cc3)ccc21. The molecule has 1 aliphatic carbocycles. The summed E-state index contributed by atoms with van der Waals surface area (Å²) in [7, 11) is 0. The maximum Gasteiger partial charge on any atom is 0.124 e. The fraction of sp³-hybridized carbons (Fsp3) is 0.0652. The fourth-order valence-electron chi connectivity index (χ4n) is 7.86. The van der Waals surface area contributed by atoms with Gasteiger partial charge in [-0.25, -0.2) is 4.98 Å². The van der Waals surface area contributed by atoms with Crippen LogP contribution in [0.4, 0.5) is 17.1 Å². The van der Waals surface area contributed by atoms with Gasteiger partial charge in [-0.1, -0.05) is 123 Å². The zero-order chi connectivity index (χ0) is 33.4. The molecule has 0 amide bonds. The summed E-state index contributed by atoms with van der Waals surface area (Å²) >= 11 is 3.67. The van der Waals surface area contributed by atoms with Crippen molar-refractivity contribution in [1.29, 1.82) is 0 Å². The third-order valence-corrected chi connectivity index (χ3v) is 12.6. The van der Waals surface area contributed by atoms with E-state index in [-0.39, 0.29) is 5.41 Å². The first-order valence-corrected chi connectivity index (χ1v) is 18.7. The Morgan fingerprint density at radius 3 is 1.98 bits per heavy atom. The summed E-state index contributed by atoms with van der Waals surface area (Å²) in [5.41, 5.74) is 13.5. The quantitative estimate of drug-likeness (QED) is 0.180. The summed E-state index contributed by atoms with van der Waals surface area (Å²) in [6.07, 6.45) is 0. The van der Waals surface area contributed by atoms with Crippen LogP contribution >= 0.6 is 22.7 Å². The highest BCUT2D eigenvalue weighted by molar-refractivity contribution is 7.27. The van der Waals surface area contributed by atoms with Crippen LogP contribution in [0.15, 0.2) is 158 Å². The molecule has 0 aliphatic heterocycles. The zero-order valence-electron chi connectivity index (χ0n) is 27.7. The average Bonchev–Trinajstić information content (AvgIpc) is 3.82. The Morgan fingerprint density at radius 2 is 1.16 bits per heavy atom. The highest BCUT2D eigenvalue weighted by atomic mass is 32.1. The highest BCUT2D eigenvalue weighted by Gasteiger charge is 2.35. The van der Waals surface area contributed by atoms with Crippen molar-refractivity contribution < 1.29 is 0 Å². The van der Waals surface area contributed by atoms with Crippen molar-refractivity contribution in [2.24, 2.45) is 0 Å². The number of aromatic nitrogens is 1. The van der Waals surface area contributed by atoms with Crippen LogP contribution in [-0.4, -0.2) is 4.98 Å². The average molecular weight is 677 g/mol. The maximum atomic E-state index is 5.20. The molecule has 10 rings (SSSR count). The van der Waals surface area contributed by atoms with E-state index in [1.165, 1.54) is 58.3 Å². The number of thiophene rings is 1. The summed E-state index contributed by atoms with van der Waals surface area (Å²) in [5.74, 6) is 0. The molecule has 0 saturated carbocycles. The molecule has 7 aromatic carbocycles. The standard InChI is InChI=1S/C46H32N2S2/c1-46(2)38-19-11-9-17-34(38)36-27-33(25-26-39(36)46)48(31-15-7-4-8-16-31)32-23-21-29(22-24-32)42-43-37(35-18-10-12-20-41(35)49-43)28-40-44(42)50-45(47-40)30-13-5-3-6-14-30/h3-28H,1-2H3. The molecule has 9 aromatic rings. The van der Waals surface area contributed by atoms with Crippen LogP contribution in [0, 0.1) is 0 Å². The number of thiazole rings is 1. The van der Waals surface area contributed by atoms with Crippen LogP contribution < -0.4 is 4.90 Å². The van der Waals surface area contributed by atoms with Gasteiger partial charge in [-0.3, -0.25) is 0 Å². The molecule has 0 fully saturated rings. The van der Waals surface area contributed by atoms with Crippen molar-refractivity contribution in [1.82, 2.24) is 4.98 Å². The van der Waals surface area contributed by atoms with Gasteiger partial charge in [0.05, 0.1) is 10.2 Å². The van der Waals surface area contributed by atoms with Crippen molar-refractivity contribution in [2.75, 3.05) is 4.90 Å². The molecular formula is C46H32N2S2. The minimum atomic E-state index is -0.0281. The molecule has 0 radical (unpaired) electrons. The molecule has 2 aromatic heterocycles. The second kappa shape index (κ2) is 11.2. The lowest BCUT2D eigenvalue weighted by molar-refractivity contribution is 0.660. The molecule has 50 heavy (non-hydrogen) atoms. The smallest absolute Gasteiger partial charge is 0.124 e. The van der Waals surface area contributed by atoms with Crippen molar-refractivity contribution >= 4 is 70.1 Å². The predicted octanol–water partition coefficient (Wildman–Crippen LogP) is 13.8. The lowest BCUT2D eigenvalue weighted by atomic mass is 9.82. The van der Waals surface area contributed by atoms with Gasteiger partial charge in [-0.2, -0.15) is 0 Å². The van der Waals surface area contributed by atoms with Gasteiger partial charge >= 0.3 is 0 Å². The first-order chi connectivity index (χ1) is 24.5. The first kappa shape index (κ1) is 29.4. The largest absolute Gasteiger partial charge is 0.310 e. The molecule has 4 heteroatoms. The molecule has 2 heterocycles. The lowest BCUT2D eigenvalue weighted by Gasteiger charge is -2.27. The Bertz CT molecular complexity index is 2720. The van der Waals surface area contributed by atoms with E-state index in [0.29, 0.717) is 0 Å². The van der Waals surface area contributed by atoms with Gasteiger partial charge in [0.15, 0.2) is 0 Å². The third-order valence-electron chi connectivity index (χ3n) is 10.3. The van der Waals surface area contributed by atoms with E-state index in [9.17, 15) is 0 Å². The minimum absolute atomic E-state index is 0.0281. The molecule has 1 aliphatic rings. The summed E-state index contributed by atoms with van der Waals surface area (Å²) in [6, 6.07) is 57.4. The first-order valence-electron chi connectivity index (χ1n) is 17.0. The number of hydrogen-bond donors (Lipinski definition) is 0. The summed E-state index contributed by atoms with van der Waals surface area (Å²) < 4.78 is 3.85. The van der Waals surface area contributed by atoms with Crippen molar-refractivity contribution in [3.05, 3.63) is 169 Å². The zero-order valence-corrected chi connectivity index (χ0v) is 29.4. The Balaban J connectivity index is 1.14. The van der Waals surface area contributed by atoms with Gasteiger partial charge in [0, 0.05) is 53.8 Å². The number of hydrogen-bond acceptors (Lipinski definition) is 4. The fourth-order valence-corrected chi connectivity index (χ4v) is 10.3. The van der Waals surface area contributed by atoms with Crippen LogP contribution in [0.2, 0.25) is 0 Å². The highest BCUT2D eigenvalue weighted by Crippen LogP contribution is 2.51. The Hall–Kier alpha value is -5.55. The van der Waals surface area contributed by atoms with Crippen LogP contribution in [0.1, 0.15) is 25.0 Å². The minimum Gasteiger partial charge on any atom is -0.310 e. The molecule has 0 N–H and O–H groups in total. The molecule has 0 unspecified atom stereocenters. The number of rotatable bonds is 5. The van der Waals surface area contributed by atoms with E-state index in [2.05, 4.69) is 176 Å². The van der Waals surface area contributed by atoms with Gasteiger partial charge in [0.2, 0.25) is 0 Å². The Labute approximate surface area is 299 Å². The van der Waals surface area contributed by atoms with Crippen LogP contribution in [0.25, 0.3) is 63.2 Å². The topological polar surface area (TPSA) is 16.1 Å². The number of fused-ring (bicyclic) bond motifs is 7. The molecule has 2 nitrogen and oxygen atoms in total. The predicted molar refractivity (Wildman–Crippen MR) is 216 cm³/mol. The Kier molecular flexibility index (Phi) is 6.61. The second-order valence-corrected chi connectivity index (χ2v) is 15.6. The summed E-state index contributed by atoms with van der Waals surface area (Å²) in [6.45, 7) is 4.68. The molecule has 0 spiro atoms. The van der Waals surface area contributed by atoms with Crippen LogP contribution in [0.3, 0.4) is 0 Å². The third kappa shape index (κ3) is 4.49. The van der Waals surface area contributed by atoms with Crippen molar-refractivity contribution in [2.45, 2.75) is 19.3 Å².